The van der Waals surface area contributed by atoms with E-state index in [0.717, 1.165) is 73.5 Å². The number of carbonyl (C=O) groups is 1. The first kappa shape index (κ1) is 21.5. The topological polar surface area (TPSA) is 58.4 Å². The smallest absolute Gasteiger partial charge is 0.262 e. The number of rotatable bonds is 4. The van der Waals surface area contributed by atoms with Gasteiger partial charge in [-0.2, -0.15) is 0 Å². The fourth-order valence-corrected chi connectivity index (χ4v) is 5.93. The molecule has 2 aromatic rings. The molecule has 30 heavy (non-hydrogen) atoms. The molecule has 6 nitrogen and oxygen atoms in total. The van der Waals surface area contributed by atoms with E-state index in [9.17, 15) is 9.59 Å². The van der Waals surface area contributed by atoms with Crippen molar-refractivity contribution < 1.29 is 4.79 Å². The van der Waals surface area contributed by atoms with Crippen LogP contribution in [0.15, 0.2) is 4.79 Å². The SMILES string of the molecule is Cc1sc2nc(C(C)C)n([C@H]3CCCN(CC(=O)N4CCCCC4)C3)c(=O)c2c1C. The lowest BCUT2D eigenvalue weighted by Crippen LogP contribution is -2.47. The van der Waals surface area contributed by atoms with Crippen LogP contribution >= 0.6 is 11.3 Å². The summed E-state index contributed by atoms with van der Waals surface area (Å²) in [7, 11) is 0. The molecular weight excluding hydrogens is 396 g/mol. The predicted molar refractivity (Wildman–Crippen MR) is 123 cm³/mol. The monoisotopic (exact) mass is 430 g/mol. The second-order valence-electron chi connectivity index (χ2n) is 9.24. The summed E-state index contributed by atoms with van der Waals surface area (Å²) in [6.45, 7) is 12.2. The van der Waals surface area contributed by atoms with Gasteiger partial charge in [-0.15, -0.1) is 11.3 Å². The first-order chi connectivity index (χ1) is 14.4. The Morgan fingerprint density at radius 3 is 2.57 bits per heavy atom. The minimum atomic E-state index is 0.0781. The van der Waals surface area contributed by atoms with Crippen LogP contribution in [0, 0.1) is 13.8 Å². The maximum absolute atomic E-state index is 13.6. The molecule has 1 amide bonds. The van der Waals surface area contributed by atoms with Crippen LogP contribution in [-0.4, -0.2) is 58.0 Å². The van der Waals surface area contributed by atoms with Crippen LogP contribution in [0.4, 0.5) is 0 Å². The van der Waals surface area contributed by atoms with Crippen molar-refractivity contribution in [2.24, 2.45) is 0 Å². The third kappa shape index (κ3) is 4.06. The van der Waals surface area contributed by atoms with Gasteiger partial charge in [0, 0.05) is 30.4 Å². The van der Waals surface area contributed by atoms with Crippen LogP contribution in [-0.2, 0) is 4.79 Å². The van der Waals surface area contributed by atoms with Crippen LogP contribution in [0.5, 0.6) is 0 Å². The molecule has 0 aromatic carbocycles. The molecule has 0 saturated carbocycles. The van der Waals surface area contributed by atoms with E-state index in [1.165, 1.54) is 11.3 Å². The molecule has 0 aliphatic carbocycles. The van der Waals surface area contributed by atoms with E-state index in [-0.39, 0.29) is 23.4 Å². The molecule has 2 aliphatic heterocycles. The quantitative estimate of drug-likeness (QED) is 0.739. The molecule has 164 valence electrons. The lowest BCUT2D eigenvalue weighted by Gasteiger charge is -2.36. The molecule has 1 atom stereocenters. The maximum Gasteiger partial charge on any atom is 0.262 e. The Morgan fingerprint density at radius 1 is 1.13 bits per heavy atom. The van der Waals surface area contributed by atoms with Gasteiger partial charge in [-0.3, -0.25) is 19.1 Å². The van der Waals surface area contributed by atoms with E-state index in [2.05, 4.69) is 25.7 Å². The van der Waals surface area contributed by atoms with Crippen molar-refractivity contribution in [3.05, 3.63) is 26.6 Å². The van der Waals surface area contributed by atoms with Gasteiger partial charge in [-0.05, 0) is 58.1 Å². The number of nitrogens with zero attached hydrogens (tertiary/aromatic N) is 4. The van der Waals surface area contributed by atoms with Gasteiger partial charge in [-0.25, -0.2) is 4.98 Å². The van der Waals surface area contributed by atoms with E-state index in [1.807, 2.05) is 16.4 Å². The highest BCUT2D eigenvalue weighted by molar-refractivity contribution is 7.18. The zero-order valence-corrected chi connectivity index (χ0v) is 19.6. The minimum Gasteiger partial charge on any atom is -0.342 e. The van der Waals surface area contributed by atoms with E-state index in [4.69, 9.17) is 4.98 Å². The fraction of sp³-hybridized carbons (Fsp3) is 0.696. The molecular formula is C23H34N4O2S. The summed E-state index contributed by atoms with van der Waals surface area (Å²) in [5, 5.41) is 0.781. The Balaban J connectivity index is 1.62. The zero-order valence-electron chi connectivity index (χ0n) is 18.7. The van der Waals surface area contributed by atoms with Crippen molar-refractivity contribution in [3.63, 3.8) is 0 Å². The predicted octanol–water partition coefficient (Wildman–Crippen LogP) is 3.85. The zero-order chi connectivity index (χ0) is 21.4. The van der Waals surface area contributed by atoms with Crippen molar-refractivity contribution in [2.75, 3.05) is 32.7 Å². The average Bonchev–Trinajstić information content (AvgIpc) is 3.02. The summed E-state index contributed by atoms with van der Waals surface area (Å²) in [4.78, 5) is 37.6. The number of fused-ring (bicyclic) bond motifs is 1. The highest BCUT2D eigenvalue weighted by atomic mass is 32.1. The number of piperidine rings is 2. The van der Waals surface area contributed by atoms with Crippen molar-refractivity contribution in [1.29, 1.82) is 0 Å². The van der Waals surface area contributed by atoms with Gasteiger partial charge in [0.25, 0.3) is 5.56 Å². The second kappa shape index (κ2) is 8.79. The number of likely N-dealkylation sites (tertiary alicyclic amines) is 2. The number of amides is 1. The molecule has 2 fully saturated rings. The number of aromatic nitrogens is 2. The second-order valence-corrected chi connectivity index (χ2v) is 10.4. The van der Waals surface area contributed by atoms with Gasteiger partial charge in [0.1, 0.15) is 10.7 Å². The van der Waals surface area contributed by atoms with E-state index < -0.39 is 0 Å². The molecule has 2 saturated heterocycles. The van der Waals surface area contributed by atoms with E-state index >= 15 is 0 Å². The Hall–Kier alpha value is -1.73. The number of thiophene rings is 1. The van der Waals surface area contributed by atoms with Crippen molar-refractivity contribution >= 4 is 27.5 Å². The number of hydrogen-bond donors (Lipinski definition) is 0. The van der Waals surface area contributed by atoms with E-state index in [0.29, 0.717) is 6.54 Å². The van der Waals surface area contributed by atoms with Crippen LogP contribution in [0.2, 0.25) is 0 Å². The largest absolute Gasteiger partial charge is 0.342 e. The number of hydrogen-bond acceptors (Lipinski definition) is 5. The Bertz CT molecular complexity index is 987. The summed E-state index contributed by atoms with van der Waals surface area (Å²) >= 11 is 1.62. The molecule has 0 N–H and O–H groups in total. The van der Waals surface area contributed by atoms with Crippen LogP contribution in [0.3, 0.4) is 0 Å². The van der Waals surface area contributed by atoms with Crippen molar-refractivity contribution in [2.45, 2.75) is 71.8 Å². The Morgan fingerprint density at radius 2 is 1.87 bits per heavy atom. The van der Waals surface area contributed by atoms with Crippen molar-refractivity contribution in [1.82, 2.24) is 19.4 Å². The molecule has 7 heteroatoms. The summed E-state index contributed by atoms with van der Waals surface area (Å²) in [6, 6.07) is 0.0781. The first-order valence-electron chi connectivity index (χ1n) is 11.4. The van der Waals surface area contributed by atoms with Gasteiger partial charge in [-0.1, -0.05) is 13.8 Å². The number of carbonyl (C=O) groups excluding carboxylic acids is 1. The first-order valence-corrected chi connectivity index (χ1v) is 12.2. The fourth-order valence-electron chi connectivity index (χ4n) is 4.90. The number of aryl methyl sites for hydroxylation is 2. The molecule has 0 bridgehead atoms. The standard InChI is InChI=1S/C23H34N4O2S/c1-15(2)21-24-22-20(16(3)17(4)30-22)23(29)27(21)18-9-8-10-25(13-18)14-19(28)26-11-6-5-7-12-26/h15,18H,5-14H2,1-4H3/t18-/m0/s1. The maximum atomic E-state index is 13.6. The third-order valence-electron chi connectivity index (χ3n) is 6.69. The molecule has 4 rings (SSSR count). The van der Waals surface area contributed by atoms with Gasteiger partial charge in [0.2, 0.25) is 5.91 Å². The highest BCUT2D eigenvalue weighted by Crippen LogP contribution is 2.30. The Kier molecular flexibility index (Phi) is 6.30. The lowest BCUT2D eigenvalue weighted by atomic mass is 10.0. The molecule has 0 spiro atoms. The molecule has 2 aliphatic rings. The minimum absolute atomic E-state index is 0.0781. The summed E-state index contributed by atoms with van der Waals surface area (Å²) in [6.07, 6.45) is 5.43. The summed E-state index contributed by atoms with van der Waals surface area (Å²) in [5.74, 6) is 1.29. The van der Waals surface area contributed by atoms with Gasteiger partial charge >= 0.3 is 0 Å². The molecule has 4 heterocycles. The van der Waals surface area contributed by atoms with Gasteiger partial charge in [0.15, 0.2) is 0 Å². The van der Waals surface area contributed by atoms with Gasteiger partial charge < -0.3 is 4.90 Å². The normalized spacial score (nSPS) is 21.0. The Labute approximate surface area is 182 Å². The lowest BCUT2D eigenvalue weighted by molar-refractivity contribution is -0.133. The van der Waals surface area contributed by atoms with Crippen LogP contribution in [0.25, 0.3) is 10.2 Å². The van der Waals surface area contributed by atoms with Gasteiger partial charge in [0.05, 0.1) is 18.0 Å². The highest BCUT2D eigenvalue weighted by Gasteiger charge is 2.29. The summed E-state index contributed by atoms with van der Waals surface area (Å²) in [5.41, 5.74) is 1.16. The van der Waals surface area contributed by atoms with Crippen molar-refractivity contribution in [3.8, 4) is 0 Å². The molecule has 0 unspecified atom stereocenters. The molecule has 2 aromatic heterocycles. The van der Waals surface area contributed by atoms with E-state index in [1.54, 1.807) is 11.3 Å². The third-order valence-corrected chi connectivity index (χ3v) is 7.79. The molecule has 0 radical (unpaired) electrons. The summed E-state index contributed by atoms with van der Waals surface area (Å²) < 4.78 is 1.96. The van der Waals surface area contributed by atoms with Crippen LogP contribution < -0.4 is 5.56 Å². The van der Waals surface area contributed by atoms with Crippen LogP contribution in [0.1, 0.15) is 74.2 Å². The average molecular weight is 431 g/mol.